The summed E-state index contributed by atoms with van der Waals surface area (Å²) in [6, 6.07) is 0.258. The van der Waals surface area contributed by atoms with Gasteiger partial charge >= 0.3 is 0 Å². The second-order valence-corrected chi connectivity index (χ2v) is 9.78. The van der Waals surface area contributed by atoms with E-state index in [0.29, 0.717) is 29.3 Å². The van der Waals surface area contributed by atoms with E-state index in [1.807, 2.05) is 20.8 Å². The monoisotopic (exact) mass is 407 g/mol. The standard InChI is InChI=1S/C20H29N3O2S2/c1-6-23-19(25)17-13(4)14(5)27-18(17)22-20(23)26-10-16(24)21-15-9-7-8-11(2)12(15)3/h11-12,15H,6-10H2,1-5H3,(H,21,24)/t11-,12-,15-/m0/s1. The van der Waals surface area contributed by atoms with Crippen molar-refractivity contribution in [1.82, 2.24) is 14.9 Å². The molecule has 1 amide bonds. The van der Waals surface area contributed by atoms with Crippen molar-refractivity contribution >= 4 is 39.2 Å². The van der Waals surface area contributed by atoms with Crippen LogP contribution in [0.25, 0.3) is 10.2 Å². The Hall–Kier alpha value is -1.34. The molecule has 1 saturated carbocycles. The number of thiophene rings is 1. The predicted molar refractivity (Wildman–Crippen MR) is 114 cm³/mol. The van der Waals surface area contributed by atoms with Crippen molar-refractivity contribution in [2.45, 2.75) is 71.6 Å². The van der Waals surface area contributed by atoms with Gasteiger partial charge in [0, 0.05) is 17.5 Å². The number of fused-ring (bicyclic) bond motifs is 1. The van der Waals surface area contributed by atoms with Gasteiger partial charge < -0.3 is 5.32 Å². The van der Waals surface area contributed by atoms with Crippen LogP contribution in [-0.2, 0) is 11.3 Å². The minimum atomic E-state index is 0.00184. The smallest absolute Gasteiger partial charge is 0.263 e. The molecule has 2 aromatic heterocycles. The summed E-state index contributed by atoms with van der Waals surface area (Å²) in [5.41, 5.74) is 1.02. The van der Waals surface area contributed by atoms with Gasteiger partial charge in [-0.25, -0.2) is 4.98 Å². The molecule has 2 aromatic rings. The summed E-state index contributed by atoms with van der Waals surface area (Å²) < 4.78 is 1.69. The van der Waals surface area contributed by atoms with E-state index in [9.17, 15) is 9.59 Å². The molecule has 1 aliphatic rings. The molecule has 3 atom stereocenters. The van der Waals surface area contributed by atoms with Gasteiger partial charge in [0.15, 0.2) is 5.16 Å². The molecule has 0 spiro atoms. The van der Waals surface area contributed by atoms with Crippen LogP contribution in [0.1, 0.15) is 50.5 Å². The van der Waals surface area contributed by atoms with Crippen LogP contribution in [0.5, 0.6) is 0 Å². The lowest BCUT2D eigenvalue weighted by molar-refractivity contribution is -0.120. The fraction of sp³-hybridized carbons (Fsp3) is 0.650. The Bertz CT molecular complexity index is 903. The van der Waals surface area contributed by atoms with Gasteiger partial charge in [0.1, 0.15) is 4.83 Å². The van der Waals surface area contributed by atoms with Crippen LogP contribution in [-0.4, -0.2) is 27.3 Å². The topological polar surface area (TPSA) is 64.0 Å². The normalized spacial score (nSPS) is 22.9. The third kappa shape index (κ3) is 4.09. The molecule has 27 heavy (non-hydrogen) atoms. The van der Waals surface area contributed by atoms with Crippen LogP contribution in [0.4, 0.5) is 0 Å². The maximum atomic E-state index is 12.9. The number of hydrogen-bond donors (Lipinski definition) is 1. The number of nitrogens with one attached hydrogen (secondary N) is 1. The Morgan fingerprint density at radius 1 is 1.33 bits per heavy atom. The molecule has 0 bridgehead atoms. The van der Waals surface area contributed by atoms with Gasteiger partial charge in [-0.05, 0) is 44.6 Å². The first-order valence-corrected chi connectivity index (χ1v) is 11.6. The molecule has 0 saturated heterocycles. The summed E-state index contributed by atoms with van der Waals surface area (Å²) in [4.78, 5) is 32.0. The number of aryl methyl sites for hydroxylation is 2. The molecule has 7 heteroatoms. The van der Waals surface area contributed by atoms with Gasteiger partial charge in [0.25, 0.3) is 5.56 Å². The largest absolute Gasteiger partial charge is 0.352 e. The van der Waals surface area contributed by atoms with Crippen LogP contribution in [0.3, 0.4) is 0 Å². The average molecular weight is 408 g/mol. The predicted octanol–water partition coefficient (Wildman–Crippen LogP) is 4.13. The SMILES string of the molecule is CCn1c(SCC(=O)N[C@H]2CCC[C@H](C)[C@@H]2C)nc2sc(C)c(C)c2c1=O. The molecule has 5 nitrogen and oxygen atoms in total. The summed E-state index contributed by atoms with van der Waals surface area (Å²) in [7, 11) is 0. The Kier molecular flexibility index (Phi) is 6.31. The lowest BCUT2D eigenvalue weighted by atomic mass is 9.78. The van der Waals surface area contributed by atoms with E-state index in [1.54, 1.807) is 15.9 Å². The minimum Gasteiger partial charge on any atom is -0.352 e. The Morgan fingerprint density at radius 2 is 2.07 bits per heavy atom. The lowest BCUT2D eigenvalue weighted by Crippen LogP contribution is -2.44. The molecular weight excluding hydrogens is 378 g/mol. The zero-order chi connectivity index (χ0) is 19.7. The van der Waals surface area contributed by atoms with Crippen molar-refractivity contribution in [3.05, 3.63) is 20.8 Å². The van der Waals surface area contributed by atoms with E-state index in [0.717, 1.165) is 27.1 Å². The summed E-state index contributed by atoms with van der Waals surface area (Å²) in [6.07, 6.45) is 3.47. The molecule has 0 aliphatic heterocycles. The molecule has 1 aliphatic carbocycles. The second kappa shape index (κ2) is 8.35. The minimum absolute atomic E-state index is 0.00184. The third-order valence-corrected chi connectivity index (χ3v) is 8.03. The third-order valence-electron chi connectivity index (χ3n) is 5.96. The number of amides is 1. The van der Waals surface area contributed by atoms with Crippen molar-refractivity contribution in [3.8, 4) is 0 Å². The van der Waals surface area contributed by atoms with Crippen LogP contribution in [0.15, 0.2) is 9.95 Å². The van der Waals surface area contributed by atoms with Gasteiger partial charge in [0.2, 0.25) is 5.91 Å². The number of thioether (sulfide) groups is 1. The van der Waals surface area contributed by atoms with Crippen LogP contribution < -0.4 is 10.9 Å². The molecule has 1 fully saturated rings. The van der Waals surface area contributed by atoms with E-state index in [2.05, 4.69) is 19.2 Å². The summed E-state index contributed by atoms with van der Waals surface area (Å²) >= 11 is 2.91. The lowest BCUT2D eigenvalue weighted by Gasteiger charge is -2.34. The van der Waals surface area contributed by atoms with E-state index < -0.39 is 0 Å². The first-order chi connectivity index (χ1) is 12.8. The number of aromatic nitrogens is 2. The van der Waals surface area contributed by atoms with Crippen molar-refractivity contribution in [3.63, 3.8) is 0 Å². The Morgan fingerprint density at radius 3 is 2.78 bits per heavy atom. The molecular formula is C20H29N3O2S2. The van der Waals surface area contributed by atoms with Gasteiger partial charge in [-0.15, -0.1) is 11.3 Å². The van der Waals surface area contributed by atoms with Crippen molar-refractivity contribution in [2.24, 2.45) is 11.8 Å². The molecule has 0 aromatic carbocycles. The highest BCUT2D eigenvalue weighted by molar-refractivity contribution is 7.99. The average Bonchev–Trinajstić information content (AvgIpc) is 2.91. The fourth-order valence-corrected chi connectivity index (χ4v) is 5.81. The van der Waals surface area contributed by atoms with Crippen molar-refractivity contribution in [1.29, 1.82) is 0 Å². The van der Waals surface area contributed by atoms with E-state index in [-0.39, 0.29) is 17.5 Å². The second-order valence-electron chi connectivity index (χ2n) is 7.64. The van der Waals surface area contributed by atoms with Gasteiger partial charge in [-0.2, -0.15) is 0 Å². The summed E-state index contributed by atoms with van der Waals surface area (Å²) in [5.74, 6) is 1.48. The summed E-state index contributed by atoms with van der Waals surface area (Å²) in [5, 5.41) is 4.56. The first-order valence-electron chi connectivity index (χ1n) is 9.76. The highest BCUT2D eigenvalue weighted by Crippen LogP contribution is 2.30. The number of carbonyl (C=O) groups excluding carboxylic acids is 1. The Labute approximate surface area is 169 Å². The zero-order valence-corrected chi connectivity index (χ0v) is 18.4. The maximum Gasteiger partial charge on any atom is 0.263 e. The molecule has 0 radical (unpaired) electrons. The molecule has 3 rings (SSSR count). The van der Waals surface area contributed by atoms with Crippen molar-refractivity contribution < 1.29 is 4.79 Å². The number of carbonyl (C=O) groups is 1. The quantitative estimate of drug-likeness (QED) is 0.598. The van der Waals surface area contributed by atoms with Crippen LogP contribution in [0, 0.1) is 25.7 Å². The highest BCUT2D eigenvalue weighted by atomic mass is 32.2. The molecule has 148 valence electrons. The number of nitrogens with zero attached hydrogens (tertiary/aromatic N) is 2. The zero-order valence-electron chi connectivity index (χ0n) is 16.8. The van der Waals surface area contributed by atoms with Crippen molar-refractivity contribution in [2.75, 3.05) is 5.75 Å². The van der Waals surface area contributed by atoms with E-state index in [4.69, 9.17) is 4.98 Å². The molecule has 0 unspecified atom stereocenters. The van der Waals surface area contributed by atoms with Gasteiger partial charge in [-0.1, -0.05) is 38.5 Å². The first kappa shape index (κ1) is 20.4. The van der Waals surface area contributed by atoms with E-state index in [1.165, 1.54) is 24.6 Å². The molecule has 2 heterocycles. The van der Waals surface area contributed by atoms with Crippen LogP contribution in [0.2, 0.25) is 0 Å². The number of rotatable bonds is 5. The highest BCUT2D eigenvalue weighted by Gasteiger charge is 2.28. The van der Waals surface area contributed by atoms with Crippen LogP contribution >= 0.6 is 23.1 Å². The number of hydrogen-bond acceptors (Lipinski definition) is 5. The summed E-state index contributed by atoms with van der Waals surface area (Å²) in [6.45, 7) is 11.0. The Balaban J connectivity index is 1.74. The van der Waals surface area contributed by atoms with E-state index >= 15 is 0 Å². The maximum absolute atomic E-state index is 12.9. The van der Waals surface area contributed by atoms with Gasteiger partial charge in [-0.3, -0.25) is 14.2 Å². The molecule has 1 N–H and O–H groups in total. The fourth-order valence-electron chi connectivity index (χ4n) is 3.86. The van der Waals surface area contributed by atoms with Gasteiger partial charge in [0.05, 0.1) is 11.1 Å².